The molecule has 0 radical (unpaired) electrons. The number of amides is 1. The molecule has 0 atom stereocenters. The van der Waals surface area contributed by atoms with Crippen LogP contribution in [0.5, 0.6) is 0 Å². The number of nitrogens with zero attached hydrogens (tertiary/aromatic N) is 4. The number of halogens is 4. The van der Waals surface area contributed by atoms with E-state index < -0.39 is 17.8 Å². The van der Waals surface area contributed by atoms with Gasteiger partial charge in [-0.3, -0.25) is 9.78 Å². The van der Waals surface area contributed by atoms with Gasteiger partial charge in [-0.25, -0.2) is 9.50 Å². The van der Waals surface area contributed by atoms with E-state index in [1.165, 1.54) is 6.20 Å². The first-order valence-electron chi connectivity index (χ1n) is 9.69. The van der Waals surface area contributed by atoms with Gasteiger partial charge in [0.25, 0.3) is 5.91 Å². The van der Waals surface area contributed by atoms with Gasteiger partial charge < -0.3 is 5.32 Å². The molecule has 0 saturated heterocycles. The molecule has 0 fully saturated rings. The van der Waals surface area contributed by atoms with Crippen LogP contribution < -0.4 is 5.32 Å². The second-order valence-electron chi connectivity index (χ2n) is 7.16. The zero-order valence-electron chi connectivity index (χ0n) is 16.6. The van der Waals surface area contributed by atoms with Crippen LogP contribution in [0.1, 0.15) is 16.2 Å². The van der Waals surface area contributed by atoms with Gasteiger partial charge in [-0.1, -0.05) is 48.5 Å². The Hall–Kier alpha value is -3.79. The topological polar surface area (TPSA) is 72.2 Å². The largest absolute Gasteiger partial charge is 0.433 e. The van der Waals surface area contributed by atoms with Crippen LogP contribution in [0.25, 0.3) is 27.8 Å². The average molecular weight is 512 g/mol. The van der Waals surface area contributed by atoms with Crippen molar-refractivity contribution < 1.29 is 18.0 Å². The summed E-state index contributed by atoms with van der Waals surface area (Å²) in [6.45, 7) is 0. The molecular weight excluding hydrogens is 499 g/mol. The maximum Gasteiger partial charge on any atom is 0.433 e. The van der Waals surface area contributed by atoms with Crippen LogP contribution in [0.4, 0.5) is 18.9 Å². The summed E-state index contributed by atoms with van der Waals surface area (Å²) in [5.41, 5.74) is 0.359. The SMILES string of the molecule is O=C(Nc1cnc2ccccc2c1)c1nn2c(C(F)(F)F)cc(-c3ccccc3)nc2c1Br. The maximum atomic E-state index is 13.8. The predicted octanol–water partition coefficient (Wildman–Crippen LogP) is 5.98. The van der Waals surface area contributed by atoms with E-state index in [1.807, 2.05) is 24.3 Å². The van der Waals surface area contributed by atoms with Crippen LogP contribution >= 0.6 is 15.9 Å². The molecule has 5 aromatic rings. The van der Waals surface area contributed by atoms with Gasteiger partial charge in [-0.05, 0) is 34.1 Å². The van der Waals surface area contributed by atoms with E-state index in [-0.39, 0.29) is 21.5 Å². The molecular formula is C23H13BrF3N5O. The number of nitrogens with one attached hydrogen (secondary N) is 1. The molecule has 0 bridgehead atoms. The lowest BCUT2D eigenvalue weighted by atomic mass is 10.1. The highest BCUT2D eigenvalue weighted by Gasteiger charge is 2.36. The van der Waals surface area contributed by atoms with E-state index >= 15 is 0 Å². The zero-order valence-corrected chi connectivity index (χ0v) is 18.2. The summed E-state index contributed by atoms with van der Waals surface area (Å²) in [6, 6.07) is 18.5. The van der Waals surface area contributed by atoms with Crippen molar-refractivity contribution in [1.29, 1.82) is 0 Å². The van der Waals surface area contributed by atoms with E-state index in [9.17, 15) is 18.0 Å². The van der Waals surface area contributed by atoms with Gasteiger partial charge in [-0.15, -0.1) is 0 Å². The highest BCUT2D eigenvalue weighted by atomic mass is 79.9. The fourth-order valence-electron chi connectivity index (χ4n) is 3.43. The summed E-state index contributed by atoms with van der Waals surface area (Å²) in [5, 5.41) is 7.37. The molecule has 6 nitrogen and oxygen atoms in total. The number of carbonyl (C=O) groups excluding carboxylic acids is 1. The molecule has 0 spiro atoms. The summed E-state index contributed by atoms with van der Waals surface area (Å²) >= 11 is 3.22. The Labute approximate surface area is 193 Å². The molecule has 3 heterocycles. The van der Waals surface area contributed by atoms with Crippen LogP contribution in [-0.4, -0.2) is 25.5 Å². The van der Waals surface area contributed by atoms with Gasteiger partial charge in [0.2, 0.25) is 0 Å². The lowest BCUT2D eigenvalue weighted by Crippen LogP contribution is -2.16. The van der Waals surface area contributed by atoms with Crippen molar-refractivity contribution in [3.63, 3.8) is 0 Å². The average Bonchev–Trinajstić information content (AvgIpc) is 3.15. The molecule has 5 rings (SSSR count). The van der Waals surface area contributed by atoms with Gasteiger partial charge in [0.1, 0.15) is 0 Å². The number of aromatic nitrogens is 4. The molecule has 1 amide bonds. The third kappa shape index (κ3) is 3.93. The van der Waals surface area contributed by atoms with Crippen molar-refractivity contribution in [1.82, 2.24) is 19.6 Å². The first-order valence-corrected chi connectivity index (χ1v) is 10.5. The first-order chi connectivity index (χ1) is 15.8. The Balaban J connectivity index is 1.59. The van der Waals surface area contributed by atoms with E-state index in [2.05, 4.69) is 36.3 Å². The molecule has 3 aromatic heterocycles. The quantitative estimate of drug-likeness (QED) is 0.323. The lowest BCUT2D eigenvalue weighted by Gasteiger charge is -2.11. The highest BCUT2D eigenvalue weighted by Crippen LogP contribution is 2.34. The molecule has 164 valence electrons. The number of para-hydroxylation sites is 1. The second-order valence-corrected chi connectivity index (χ2v) is 7.95. The molecule has 33 heavy (non-hydrogen) atoms. The van der Waals surface area contributed by atoms with Crippen LogP contribution in [0.15, 0.2) is 77.4 Å². The smallest absolute Gasteiger partial charge is 0.319 e. The fourth-order valence-corrected chi connectivity index (χ4v) is 3.94. The van der Waals surface area contributed by atoms with Gasteiger partial charge in [0.05, 0.1) is 27.6 Å². The number of pyridine rings is 1. The zero-order chi connectivity index (χ0) is 23.2. The van der Waals surface area contributed by atoms with Crippen LogP contribution in [-0.2, 0) is 6.18 Å². The van der Waals surface area contributed by atoms with Gasteiger partial charge >= 0.3 is 6.18 Å². The predicted molar refractivity (Wildman–Crippen MR) is 121 cm³/mol. The van der Waals surface area contributed by atoms with E-state index in [4.69, 9.17) is 0 Å². The summed E-state index contributed by atoms with van der Waals surface area (Å²) in [6.07, 6.45) is -3.25. The fraction of sp³-hybridized carbons (Fsp3) is 0.0435. The van der Waals surface area contributed by atoms with Crippen molar-refractivity contribution >= 4 is 44.1 Å². The standard InChI is InChI=1S/C23H13BrF3N5O/c24-19-20(22(33)29-15-10-14-8-4-5-9-16(14)28-12-15)31-32-18(23(25,26)27)11-17(30-21(19)32)13-6-2-1-3-7-13/h1-12H,(H,29,33). The van der Waals surface area contributed by atoms with E-state index in [0.717, 1.165) is 17.0 Å². The summed E-state index contributed by atoms with van der Waals surface area (Å²) in [5.74, 6) is -0.696. The highest BCUT2D eigenvalue weighted by molar-refractivity contribution is 9.10. The minimum atomic E-state index is -4.72. The normalized spacial score (nSPS) is 11.8. The molecule has 0 aliphatic heterocycles. The number of carbonyl (C=O) groups is 1. The van der Waals surface area contributed by atoms with E-state index in [1.54, 1.807) is 36.4 Å². The second kappa shape index (κ2) is 7.96. The van der Waals surface area contributed by atoms with Gasteiger partial charge in [-0.2, -0.15) is 18.3 Å². The molecule has 0 saturated carbocycles. The number of hydrogen-bond donors (Lipinski definition) is 1. The van der Waals surface area contributed by atoms with Gasteiger partial charge in [0, 0.05) is 10.9 Å². The van der Waals surface area contributed by atoms with Crippen LogP contribution in [0.3, 0.4) is 0 Å². The molecule has 0 unspecified atom stereocenters. The number of fused-ring (bicyclic) bond motifs is 2. The third-order valence-electron chi connectivity index (χ3n) is 4.96. The Morgan fingerprint density at radius 3 is 2.48 bits per heavy atom. The first kappa shape index (κ1) is 21.1. The van der Waals surface area contributed by atoms with Crippen molar-refractivity contribution in [2.75, 3.05) is 5.32 Å². The minimum absolute atomic E-state index is 0.0528. The van der Waals surface area contributed by atoms with Gasteiger partial charge in [0.15, 0.2) is 17.0 Å². The van der Waals surface area contributed by atoms with Crippen molar-refractivity contribution in [2.45, 2.75) is 6.18 Å². The minimum Gasteiger partial charge on any atom is -0.319 e. The Bertz CT molecular complexity index is 1520. The number of rotatable bonds is 3. The van der Waals surface area contributed by atoms with Crippen LogP contribution in [0.2, 0.25) is 0 Å². The van der Waals surface area contributed by atoms with Crippen molar-refractivity contribution in [3.8, 4) is 11.3 Å². The molecule has 0 aliphatic carbocycles. The van der Waals surface area contributed by atoms with Crippen molar-refractivity contribution in [3.05, 3.63) is 88.8 Å². The maximum absolute atomic E-state index is 13.8. The summed E-state index contributed by atoms with van der Waals surface area (Å²) in [7, 11) is 0. The number of benzene rings is 2. The third-order valence-corrected chi connectivity index (χ3v) is 5.69. The lowest BCUT2D eigenvalue weighted by molar-refractivity contribution is -0.142. The Kier molecular flexibility index (Phi) is 5.09. The van der Waals surface area contributed by atoms with Crippen LogP contribution in [0, 0.1) is 0 Å². The number of alkyl halides is 3. The molecule has 10 heteroatoms. The van der Waals surface area contributed by atoms with Crippen molar-refractivity contribution in [2.24, 2.45) is 0 Å². The monoisotopic (exact) mass is 511 g/mol. The Morgan fingerprint density at radius 2 is 1.73 bits per heavy atom. The number of anilines is 1. The molecule has 1 N–H and O–H groups in total. The molecule has 2 aromatic carbocycles. The summed E-state index contributed by atoms with van der Waals surface area (Å²) in [4.78, 5) is 21.5. The summed E-state index contributed by atoms with van der Waals surface area (Å²) < 4.78 is 42.2. The molecule has 0 aliphatic rings. The Morgan fingerprint density at radius 1 is 1.00 bits per heavy atom. The number of hydrogen-bond acceptors (Lipinski definition) is 4. The van der Waals surface area contributed by atoms with E-state index in [0.29, 0.717) is 15.8 Å².